The van der Waals surface area contributed by atoms with Crippen LogP contribution in [0.4, 0.5) is 0 Å². The van der Waals surface area contributed by atoms with E-state index in [4.69, 9.17) is 4.74 Å². The van der Waals surface area contributed by atoms with E-state index in [0.29, 0.717) is 11.4 Å². The third-order valence-corrected chi connectivity index (χ3v) is 2.94. The van der Waals surface area contributed by atoms with Crippen LogP contribution in [0.3, 0.4) is 0 Å². The van der Waals surface area contributed by atoms with Crippen molar-refractivity contribution in [3.63, 3.8) is 0 Å². The standard InChI is InChI=1S/C14H12N2O3/c1-19-12-7-8(6-11(17)13(12)18)14-15-9-4-2-3-5-10(9)16-14/h2-7,17-18H,1H3,(H,15,16). The van der Waals surface area contributed by atoms with Gasteiger partial charge in [0.05, 0.1) is 18.1 Å². The zero-order valence-corrected chi connectivity index (χ0v) is 10.2. The molecule has 0 spiro atoms. The molecule has 0 aliphatic carbocycles. The molecule has 1 aromatic heterocycles. The second kappa shape index (κ2) is 4.20. The number of para-hydroxylation sites is 2. The van der Waals surface area contributed by atoms with Crippen LogP contribution >= 0.6 is 0 Å². The highest BCUT2D eigenvalue weighted by Gasteiger charge is 2.13. The number of ether oxygens (including phenoxy) is 1. The second-order valence-electron chi connectivity index (χ2n) is 4.15. The number of H-pyrrole nitrogens is 1. The molecule has 96 valence electrons. The lowest BCUT2D eigenvalue weighted by Gasteiger charge is -2.07. The molecule has 0 saturated carbocycles. The SMILES string of the molecule is COc1cc(-c2nc3ccccc3[nH]2)cc(O)c1O. The molecular formula is C14H12N2O3. The Kier molecular flexibility index (Phi) is 2.52. The molecule has 0 saturated heterocycles. The lowest BCUT2D eigenvalue weighted by molar-refractivity contribution is 0.351. The van der Waals surface area contributed by atoms with Gasteiger partial charge in [-0.3, -0.25) is 0 Å². The molecule has 0 aliphatic heterocycles. The molecule has 0 atom stereocenters. The Bertz CT molecular complexity index is 717. The van der Waals surface area contributed by atoms with Crippen molar-refractivity contribution < 1.29 is 14.9 Å². The van der Waals surface area contributed by atoms with Crippen LogP contribution in [0, 0.1) is 0 Å². The van der Waals surface area contributed by atoms with Gasteiger partial charge in [-0.25, -0.2) is 4.98 Å². The van der Waals surface area contributed by atoms with Gasteiger partial charge in [0, 0.05) is 5.56 Å². The van der Waals surface area contributed by atoms with Crippen LogP contribution in [-0.2, 0) is 0 Å². The summed E-state index contributed by atoms with van der Waals surface area (Å²) in [6.45, 7) is 0. The van der Waals surface area contributed by atoms with Crippen LogP contribution in [0.25, 0.3) is 22.4 Å². The van der Waals surface area contributed by atoms with Crippen molar-refractivity contribution in [2.24, 2.45) is 0 Å². The van der Waals surface area contributed by atoms with Gasteiger partial charge >= 0.3 is 0 Å². The highest BCUT2D eigenvalue weighted by Crippen LogP contribution is 2.39. The third kappa shape index (κ3) is 1.85. The lowest BCUT2D eigenvalue weighted by atomic mass is 10.1. The summed E-state index contributed by atoms with van der Waals surface area (Å²) in [5.74, 6) is 0.294. The van der Waals surface area contributed by atoms with Crippen LogP contribution in [-0.4, -0.2) is 27.3 Å². The molecule has 0 aliphatic rings. The second-order valence-corrected chi connectivity index (χ2v) is 4.15. The summed E-state index contributed by atoms with van der Waals surface area (Å²) in [5, 5.41) is 19.3. The first-order valence-corrected chi connectivity index (χ1v) is 5.74. The number of benzene rings is 2. The van der Waals surface area contributed by atoms with Crippen molar-refractivity contribution >= 4 is 11.0 Å². The zero-order chi connectivity index (χ0) is 13.4. The third-order valence-electron chi connectivity index (χ3n) is 2.94. The minimum Gasteiger partial charge on any atom is -0.504 e. The molecule has 3 aromatic rings. The quantitative estimate of drug-likeness (QED) is 0.616. The Morgan fingerprint density at radius 2 is 1.95 bits per heavy atom. The smallest absolute Gasteiger partial charge is 0.200 e. The van der Waals surface area contributed by atoms with Crippen molar-refractivity contribution in [1.29, 1.82) is 0 Å². The number of phenolic OH excluding ortho intramolecular Hbond substituents is 2. The van der Waals surface area contributed by atoms with Crippen molar-refractivity contribution in [3.05, 3.63) is 36.4 Å². The maximum Gasteiger partial charge on any atom is 0.200 e. The molecular weight excluding hydrogens is 244 g/mol. The van der Waals surface area contributed by atoms with E-state index >= 15 is 0 Å². The van der Waals surface area contributed by atoms with Crippen molar-refractivity contribution in [1.82, 2.24) is 9.97 Å². The average Bonchev–Trinajstić information content (AvgIpc) is 2.85. The fourth-order valence-electron chi connectivity index (χ4n) is 1.97. The minimum atomic E-state index is -0.276. The molecule has 5 heteroatoms. The number of imidazole rings is 1. The van der Waals surface area contributed by atoms with Crippen LogP contribution in [0.2, 0.25) is 0 Å². The molecule has 0 amide bonds. The number of aromatic hydroxyl groups is 2. The topological polar surface area (TPSA) is 78.4 Å². The van der Waals surface area contributed by atoms with Gasteiger partial charge in [0.15, 0.2) is 11.5 Å². The summed E-state index contributed by atoms with van der Waals surface area (Å²) in [6, 6.07) is 10.7. The number of aromatic nitrogens is 2. The van der Waals surface area contributed by atoms with Crippen LogP contribution in [0.5, 0.6) is 17.2 Å². The zero-order valence-electron chi connectivity index (χ0n) is 10.2. The van der Waals surface area contributed by atoms with Gasteiger partial charge in [-0.05, 0) is 24.3 Å². The summed E-state index contributed by atoms with van der Waals surface area (Å²) < 4.78 is 5.01. The Hall–Kier alpha value is -2.69. The Morgan fingerprint density at radius 1 is 1.16 bits per heavy atom. The van der Waals surface area contributed by atoms with Crippen LogP contribution < -0.4 is 4.74 Å². The maximum absolute atomic E-state index is 9.68. The van der Waals surface area contributed by atoms with Crippen LogP contribution in [0.1, 0.15) is 0 Å². The predicted octanol–water partition coefficient (Wildman–Crippen LogP) is 2.65. The fraction of sp³-hybridized carbons (Fsp3) is 0.0714. The number of methoxy groups -OCH3 is 1. The molecule has 3 rings (SSSR count). The molecule has 5 nitrogen and oxygen atoms in total. The van der Waals surface area contributed by atoms with E-state index < -0.39 is 0 Å². The van der Waals surface area contributed by atoms with Gasteiger partial charge in [-0.2, -0.15) is 0 Å². The molecule has 0 bridgehead atoms. The summed E-state index contributed by atoms with van der Waals surface area (Å²) in [4.78, 5) is 7.58. The van der Waals surface area contributed by atoms with E-state index in [1.165, 1.54) is 13.2 Å². The summed E-state index contributed by atoms with van der Waals surface area (Å²) in [5.41, 5.74) is 2.39. The number of aromatic amines is 1. The Morgan fingerprint density at radius 3 is 2.68 bits per heavy atom. The number of rotatable bonds is 2. The van der Waals surface area contributed by atoms with E-state index in [1.54, 1.807) is 6.07 Å². The van der Waals surface area contributed by atoms with Gasteiger partial charge in [0.25, 0.3) is 0 Å². The molecule has 0 radical (unpaired) electrons. The van der Waals surface area contributed by atoms with E-state index in [1.807, 2.05) is 24.3 Å². The molecule has 3 N–H and O–H groups in total. The maximum atomic E-state index is 9.68. The number of hydrogen-bond acceptors (Lipinski definition) is 4. The van der Waals surface area contributed by atoms with E-state index in [-0.39, 0.29) is 17.2 Å². The van der Waals surface area contributed by atoms with Gasteiger partial charge < -0.3 is 19.9 Å². The summed E-state index contributed by atoms with van der Waals surface area (Å²) in [6.07, 6.45) is 0. The summed E-state index contributed by atoms with van der Waals surface area (Å²) >= 11 is 0. The predicted molar refractivity (Wildman–Crippen MR) is 71.4 cm³/mol. The first-order valence-electron chi connectivity index (χ1n) is 5.74. The first kappa shape index (κ1) is 11.4. The van der Waals surface area contributed by atoms with Crippen LogP contribution in [0.15, 0.2) is 36.4 Å². The lowest BCUT2D eigenvalue weighted by Crippen LogP contribution is -1.87. The van der Waals surface area contributed by atoms with E-state index in [2.05, 4.69) is 9.97 Å². The van der Waals surface area contributed by atoms with Crippen molar-refractivity contribution in [3.8, 4) is 28.6 Å². The number of hydrogen-bond donors (Lipinski definition) is 3. The molecule has 0 fully saturated rings. The largest absolute Gasteiger partial charge is 0.504 e. The highest BCUT2D eigenvalue weighted by molar-refractivity contribution is 5.80. The normalized spacial score (nSPS) is 10.8. The number of nitrogens with one attached hydrogen (secondary N) is 1. The number of nitrogens with zero attached hydrogens (tertiary/aromatic N) is 1. The van der Waals surface area contributed by atoms with Gasteiger partial charge in [0.2, 0.25) is 5.75 Å². The fourth-order valence-corrected chi connectivity index (χ4v) is 1.97. The van der Waals surface area contributed by atoms with E-state index in [0.717, 1.165) is 11.0 Å². The number of fused-ring (bicyclic) bond motifs is 1. The minimum absolute atomic E-state index is 0.204. The highest BCUT2D eigenvalue weighted by atomic mass is 16.5. The molecule has 0 unspecified atom stereocenters. The van der Waals surface area contributed by atoms with Gasteiger partial charge in [-0.1, -0.05) is 12.1 Å². The Balaban J connectivity index is 2.18. The first-order chi connectivity index (χ1) is 9.19. The summed E-state index contributed by atoms with van der Waals surface area (Å²) in [7, 11) is 1.43. The Labute approximate surface area is 109 Å². The van der Waals surface area contributed by atoms with Crippen molar-refractivity contribution in [2.45, 2.75) is 0 Å². The van der Waals surface area contributed by atoms with Gasteiger partial charge in [-0.15, -0.1) is 0 Å². The number of phenols is 2. The molecule has 1 heterocycles. The van der Waals surface area contributed by atoms with Crippen molar-refractivity contribution in [2.75, 3.05) is 7.11 Å². The average molecular weight is 256 g/mol. The molecule has 2 aromatic carbocycles. The van der Waals surface area contributed by atoms with Gasteiger partial charge in [0.1, 0.15) is 5.82 Å². The monoisotopic (exact) mass is 256 g/mol. The molecule has 19 heavy (non-hydrogen) atoms. The van der Waals surface area contributed by atoms with E-state index in [9.17, 15) is 10.2 Å².